The van der Waals surface area contributed by atoms with E-state index in [0.717, 1.165) is 24.7 Å². The quantitative estimate of drug-likeness (QED) is 0.919. The van der Waals surface area contributed by atoms with Gasteiger partial charge in [0.15, 0.2) is 0 Å². The minimum absolute atomic E-state index is 0.501. The Labute approximate surface area is 123 Å². The minimum Gasteiger partial charge on any atom is -0.354 e. The summed E-state index contributed by atoms with van der Waals surface area (Å²) >= 11 is 0. The summed E-state index contributed by atoms with van der Waals surface area (Å²) in [5.41, 5.74) is 2.52. The van der Waals surface area contributed by atoms with Gasteiger partial charge in [-0.3, -0.25) is 4.68 Å². The molecular weight excluding hydrogens is 248 g/mol. The molecule has 2 heterocycles. The van der Waals surface area contributed by atoms with E-state index in [2.05, 4.69) is 61.7 Å². The number of hydrogen-bond donors (Lipinski definition) is 1. The Hall–Kier alpha value is -1.03. The predicted octanol–water partition coefficient (Wildman–Crippen LogP) is 2.85. The zero-order chi connectivity index (χ0) is 14.9. The Bertz CT molecular complexity index is 450. The SMILES string of the molecule is Cc1nn(C)c(N2CCC(C)CC2C)c1CNC(C)C. The van der Waals surface area contributed by atoms with E-state index >= 15 is 0 Å². The molecule has 20 heavy (non-hydrogen) atoms. The van der Waals surface area contributed by atoms with Gasteiger partial charge in [0.2, 0.25) is 0 Å². The monoisotopic (exact) mass is 278 g/mol. The van der Waals surface area contributed by atoms with E-state index in [-0.39, 0.29) is 0 Å². The molecule has 4 nitrogen and oxygen atoms in total. The number of anilines is 1. The maximum atomic E-state index is 4.65. The number of piperidine rings is 1. The Balaban J connectivity index is 2.25. The van der Waals surface area contributed by atoms with Gasteiger partial charge in [0, 0.05) is 37.8 Å². The molecule has 1 fully saturated rings. The predicted molar refractivity (Wildman–Crippen MR) is 85.1 cm³/mol. The molecule has 2 rings (SSSR count). The van der Waals surface area contributed by atoms with Crippen molar-refractivity contribution in [2.45, 2.75) is 66.1 Å². The Morgan fingerprint density at radius 2 is 2.05 bits per heavy atom. The van der Waals surface area contributed by atoms with Gasteiger partial charge in [0.25, 0.3) is 0 Å². The van der Waals surface area contributed by atoms with Gasteiger partial charge in [-0.2, -0.15) is 5.10 Å². The zero-order valence-electron chi connectivity index (χ0n) is 13.9. The van der Waals surface area contributed by atoms with Crippen molar-refractivity contribution >= 4 is 5.82 Å². The molecule has 0 spiro atoms. The molecule has 0 saturated carbocycles. The van der Waals surface area contributed by atoms with Gasteiger partial charge in [0.05, 0.1) is 5.69 Å². The highest BCUT2D eigenvalue weighted by molar-refractivity contribution is 5.51. The van der Waals surface area contributed by atoms with Crippen LogP contribution in [0.2, 0.25) is 0 Å². The minimum atomic E-state index is 0.501. The molecule has 1 N–H and O–H groups in total. The number of nitrogens with one attached hydrogen (secondary N) is 1. The summed E-state index contributed by atoms with van der Waals surface area (Å²) in [5.74, 6) is 2.16. The standard InChI is InChI=1S/C16H30N4/c1-11(2)17-10-15-14(5)18-19(6)16(15)20-8-7-12(3)9-13(20)4/h11-13,17H,7-10H2,1-6H3. The van der Waals surface area contributed by atoms with Crippen LogP contribution >= 0.6 is 0 Å². The zero-order valence-corrected chi connectivity index (χ0v) is 13.9. The molecular formula is C16H30N4. The van der Waals surface area contributed by atoms with Gasteiger partial charge in [-0.05, 0) is 32.6 Å². The summed E-state index contributed by atoms with van der Waals surface area (Å²) < 4.78 is 2.07. The van der Waals surface area contributed by atoms with E-state index in [1.807, 2.05) is 0 Å². The number of rotatable bonds is 4. The second-order valence-corrected chi connectivity index (χ2v) is 6.72. The molecule has 1 saturated heterocycles. The normalized spacial score (nSPS) is 23.6. The van der Waals surface area contributed by atoms with E-state index in [0.29, 0.717) is 12.1 Å². The molecule has 4 heteroatoms. The van der Waals surface area contributed by atoms with Crippen molar-refractivity contribution in [3.8, 4) is 0 Å². The first-order chi connectivity index (χ1) is 9.40. The maximum absolute atomic E-state index is 4.65. The summed E-state index contributed by atoms with van der Waals surface area (Å²) in [6, 6.07) is 1.10. The average Bonchev–Trinajstić information content (AvgIpc) is 2.61. The largest absolute Gasteiger partial charge is 0.354 e. The second-order valence-electron chi connectivity index (χ2n) is 6.72. The van der Waals surface area contributed by atoms with E-state index in [1.54, 1.807) is 0 Å². The van der Waals surface area contributed by atoms with E-state index < -0.39 is 0 Å². The second kappa shape index (κ2) is 6.17. The third-order valence-electron chi connectivity index (χ3n) is 4.41. The summed E-state index contributed by atoms with van der Waals surface area (Å²) in [6.45, 7) is 13.3. The van der Waals surface area contributed by atoms with Crippen molar-refractivity contribution in [3.63, 3.8) is 0 Å². The molecule has 1 aromatic heterocycles. The van der Waals surface area contributed by atoms with Crippen LogP contribution in [0.1, 0.15) is 51.8 Å². The van der Waals surface area contributed by atoms with Gasteiger partial charge in [-0.1, -0.05) is 20.8 Å². The van der Waals surface area contributed by atoms with E-state index in [9.17, 15) is 0 Å². The first kappa shape index (κ1) is 15.4. The highest BCUT2D eigenvalue weighted by atomic mass is 15.4. The van der Waals surface area contributed by atoms with Crippen LogP contribution in [-0.2, 0) is 13.6 Å². The fourth-order valence-electron chi connectivity index (χ4n) is 3.28. The summed E-state index contributed by atoms with van der Waals surface area (Å²) in [5, 5.41) is 8.19. The highest BCUT2D eigenvalue weighted by Gasteiger charge is 2.28. The molecule has 2 atom stereocenters. The lowest BCUT2D eigenvalue weighted by Crippen LogP contribution is -2.42. The molecule has 1 aliphatic heterocycles. The van der Waals surface area contributed by atoms with Gasteiger partial charge < -0.3 is 10.2 Å². The van der Waals surface area contributed by atoms with Crippen molar-refractivity contribution in [2.75, 3.05) is 11.4 Å². The number of hydrogen-bond acceptors (Lipinski definition) is 3. The van der Waals surface area contributed by atoms with Gasteiger partial charge in [-0.25, -0.2) is 0 Å². The fourth-order valence-corrected chi connectivity index (χ4v) is 3.28. The third-order valence-corrected chi connectivity index (χ3v) is 4.41. The first-order valence-corrected chi connectivity index (χ1v) is 7.92. The molecule has 2 unspecified atom stereocenters. The van der Waals surface area contributed by atoms with Crippen molar-refractivity contribution in [3.05, 3.63) is 11.3 Å². The molecule has 0 aromatic carbocycles. The smallest absolute Gasteiger partial charge is 0.131 e. The molecule has 0 radical (unpaired) electrons. The van der Waals surface area contributed by atoms with Crippen LogP contribution in [0.25, 0.3) is 0 Å². The van der Waals surface area contributed by atoms with Crippen LogP contribution in [0.4, 0.5) is 5.82 Å². The lowest BCUT2D eigenvalue weighted by molar-refractivity contribution is 0.372. The van der Waals surface area contributed by atoms with Crippen molar-refractivity contribution in [2.24, 2.45) is 13.0 Å². The van der Waals surface area contributed by atoms with Gasteiger partial charge in [0.1, 0.15) is 5.82 Å². The number of aromatic nitrogens is 2. The summed E-state index contributed by atoms with van der Waals surface area (Å²) in [4.78, 5) is 2.55. The van der Waals surface area contributed by atoms with Crippen LogP contribution in [0.5, 0.6) is 0 Å². The molecule has 1 aromatic rings. The van der Waals surface area contributed by atoms with E-state index in [1.165, 1.54) is 24.2 Å². The summed E-state index contributed by atoms with van der Waals surface area (Å²) in [7, 11) is 2.08. The highest BCUT2D eigenvalue weighted by Crippen LogP contribution is 2.31. The Kier molecular flexibility index (Phi) is 4.74. The molecule has 0 aliphatic carbocycles. The first-order valence-electron chi connectivity index (χ1n) is 7.92. The van der Waals surface area contributed by atoms with Crippen molar-refractivity contribution < 1.29 is 0 Å². The Morgan fingerprint density at radius 1 is 1.35 bits per heavy atom. The van der Waals surface area contributed by atoms with Crippen molar-refractivity contribution in [1.29, 1.82) is 0 Å². The molecule has 1 aliphatic rings. The fraction of sp³-hybridized carbons (Fsp3) is 0.812. The lowest BCUT2D eigenvalue weighted by Gasteiger charge is -2.38. The number of aryl methyl sites for hydroxylation is 2. The number of nitrogens with zero attached hydrogens (tertiary/aromatic N) is 3. The summed E-state index contributed by atoms with van der Waals surface area (Å²) in [6.07, 6.45) is 2.56. The Morgan fingerprint density at radius 3 is 2.65 bits per heavy atom. The van der Waals surface area contributed by atoms with Crippen LogP contribution in [0.15, 0.2) is 0 Å². The molecule has 0 amide bonds. The van der Waals surface area contributed by atoms with Crippen LogP contribution < -0.4 is 10.2 Å². The van der Waals surface area contributed by atoms with Crippen LogP contribution in [0, 0.1) is 12.8 Å². The van der Waals surface area contributed by atoms with Gasteiger partial charge >= 0.3 is 0 Å². The van der Waals surface area contributed by atoms with E-state index in [4.69, 9.17) is 0 Å². The van der Waals surface area contributed by atoms with Crippen LogP contribution in [-0.4, -0.2) is 28.4 Å². The average molecular weight is 278 g/mol. The maximum Gasteiger partial charge on any atom is 0.131 e. The molecule has 114 valence electrons. The lowest BCUT2D eigenvalue weighted by atomic mass is 9.93. The van der Waals surface area contributed by atoms with Crippen molar-refractivity contribution in [1.82, 2.24) is 15.1 Å². The molecule has 0 bridgehead atoms. The van der Waals surface area contributed by atoms with Crippen LogP contribution in [0.3, 0.4) is 0 Å². The third kappa shape index (κ3) is 3.17. The van der Waals surface area contributed by atoms with Gasteiger partial charge in [-0.15, -0.1) is 0 Å². The topological polar surface area (TPSA) is 33.1 Å².